The second kappa shape index (κ2) is 9.63. The molecule has 0 spiro atoms. The van der Waals surface area contributed by atoms with Crippen molar-refractivity contribution in [3.63, 3.8) is 0 Å². The number of carboxylic acid groups (broad SMARTS) is 1. The number of halogens is 7. The molecule has 1 N–H and O–H groups in total. The number of allylic oxidation sites excluding steroid dienone is 2. The Balaban J connectivity index is 1.80. The molecular formula is C25H16F7NO3. The zero-order valence-electron chi connectivity index (χ0n) is 18.2. The molecule has 0 fully saturated rings. The summed E-state index contributed by atoms with van der Waals surface area (Å²) in [5.41, 5.74) is -1.02. The SMILES string of the molecule is O=C(O)c1cc(C2=C(c3cc(C(F)(F)F)cnc3OCc3cc(F)c(F)cc3F)CCC2)ccc1F. The molecule has 2 aromatic carbocycles. The number of aromatic carboxylic acids is 1. The third-order valence-corrected chi connectivity index (χ3v) is 5.72. The Morgan fingerprint density at radius 1 is 0.917 bits per heavy atom. The van der Waals surface area contributed by atoms with Gasteiger partial charge in [0, 0.05) is 23.4 Å². The normalized spacial score (nSPS) is 13.9. The minimum absolute atomic E-state index is 0.0819. The Kier molecular flexibility index (Phi) is 6.75. The first kappa shape index (κ1) is 25.2. The lowest BCUT2D eigenvalue weighted by Gasteiger charge is -2.16. The van der Waals surface area contributed by atoms with E-state index in [1.54, 1.807) is 0 Å². The molecule has 1 aliphatic carbocycles. The number of hydrogen-bond donors (Lipinski definition) is 1. The zero-order valence-corrected chi connectivity index (χ0v) is 18.2. The molecule has 0 atom stereocenters. The van der Waals surface area contributed by atoms with Crippen molar-refractivity contribution in [2.45, 2.75) is 32.0 Å². The van der Waals surface area contributed by atoms with E-state index < -0.39 is 53.1 Å². The maximum absolute atomic E-state index is 14.0. The summed E-state index contributed by atoms with van der Waals surface area (Å²) in [6.07, 6.45) is -3.10. The maximum atomic E-state index is 14.0. The van der Waals surface area contributed by atoms with E-state index in [2.05, 4.69) is 4.98 Å². The van der Waals surface area contributed by atoms with Crippen LogP contribution in [0.4, 0.5) is 30.7 Å². The van der Waals surface area contributed by atoms with Crippen molar-refractivity contribution in [1.82, 2.24) is 4.98 Å². The van der Waals surface area contributed by atoms with Crippen molar-refractivity contribution >= 4 is 17.1 Å². The van der Waals surface area contributed by atoms with Gasteiger partial charge in [-0.15, -0.1) is 0 Å². The molecule has 3 aromatic rings. The highest BCUT2D eigenvalue weighted by molar-refractivity contribution is 5.96. The summed E-state index contributed by atoms with van der Waals surface area (Å²) in [5, 5.41) is 9.23. The van der Waals surface area contributed by atoms with Crippen molar-refractivity contribution in [1.29, 1.82) is 0 Å². The number of aromatic nitrogens is 1. The Hall–Kier alpha value is -3.89. The fourth-order valence-corrected chi connectivity index (χ4v) is 4.00. The summed E-state index contributed by atoms with van der Waals surface area (Å²) >= 11 is 0. The van der Waals surface area contributed by atoms with E-state index in [1.165, 1.54) is 6.07 Å². The number of nitrogens with zero attached hydrogens (tertiary/aromatic N) is 1. The number of alkyl halides is 3. The van der Waals surface area contributed by atoms with Gasteiger partial charge < -0.3 is 9.84 Å². The third kappa shape index (κ3) is 5.05. The van der Waals surface area contributed by atoms with E-state index in [4.69, 9.17) is 4.74 Å². The lowest BCUT2D eigenvalue weighted by atomic mass is 9.95. The van der Waals surface area contributed by atoms with Crippen LogP contribution in [0.3, 0.4) is 0 Å². The molecule has 1 heterocycles. The Labute approximate surface area is 199 Å². The van der Waals surface area contributed by atoms with Gasteiger partial charge in [-0.2, -0.15) is 13.2 Å². The van der Waals surface area contributed by atoms with E-state index in [1.807, 2.05) is 0 Å². The highest BCUT2D eigenvalue weighted by atomic mass is 19.4. The van der Waals surface area contributed by atoms with Crippen LogP contribution in [0.15, 0.2) is 42.6 Å². The summed E-state index contributed by atoms with van der Waals surface area (Å²) < 4.78 is 100. The van der Waals surface area contributed by atoms with Crippen molar-refractivity contribution < 1.29 is 45.4 Å². The van der Waals surface area contributed by atoms with Crippen LogP contribution in [0.1, 0.15) is 51.9 Å². The van der Waals surface area contributed by atoms with Crippen molar-refractivity contribution in [3.8, 4) is 5.88 Å². The van der Waals surface area contributed by atoms with E-state index in [0.717, 1.165) is 18.2 Å². The lowest BCUT2D eigenvalue weighted by Crippen LogP contribution is -2.09. The van der Waals surface area contributed by atoms with Crippen LogP contribution in [-0.4, -0.2) is 16.1 Å². The molecule has 188 valence electrons. The molecule has 4 nitrogen and oxygen atoms in total. The molecule has 0 aliphatic heterocycles. The summed E-state index contributed by atoms with van der Waals surface area (Å²) in [7, 11) is 0. The average molecular weight is 511 g/mol. The first-order valence-corrected chi connectivity index (χ1v) is 10.5. The number of carboxylic acids is 1. The molecule has 4 rings (SSSR count). The molecule has 0 bridgehead atoms. The lowest BCUT2D eigenvalue weighted by molar-refractivity contribution is -0.137. The maximum Gasteiger partial charge on any atom is 0.417 e. The van der Waals surface area contributed by atoms with Gasteiger partial charge in [0.2, 0.25) is 5.88 Å². The van der Waals surface area contributed by atoms with Crippen LogP contribution >= 0.6 is 0 Å². The summed E-state index contributed by atoms with van der Waals surface area (Å²) in [5.74, 6) is -6.65. The smallest absolute Gasteiger partial charge is 0.417 e. The van der Waals surface area contributed by atoms with Crippen LogP contribution in [-0.2, 0) is 12.8 Å². The van der Waals surface area contributed by atoms with Gasteiger partial charge in [-0.05, 0) is 60.2 Å². The van der Waals surface area contributed by atoms with E-state index in [0.29, 0.717) is 47.9 Å². The number of hydrogen-bond acceptors (Lipinski definition) is 3. The standard InChI is InChI=1S/C25H16F7NO3/c26-19-5-4-12(6-18(19)24(34)35)15-2-1-3-16(15)17-8-14(25(30,31)32)10-33-23(17)36-11-13-7-21(28)22(29)9-20(13)27/h4-10H,1-3,11H2,(H,34,35). The first-order valence-electron chi connectivity index (χ1n) is 10.5. The summed E-state index contributed by atoms with van der Waals surface area (Å²) in [6, 6.07) is 5.06. The average Bonchev–Trinajstić information content (AvgIpc) is 3.29. The minimum atomic E-state index is -4.75. The predicted molar refractivity (Wildman–Crippen MR) is 114 cm³/mol. The molecule has 1 aliphatic rings. The van der Waals surface area contributed by atoms with Crippen molar-refractivity contribution in [3.05, 3.63) is 93.7 Å². The second-order valence-electron chi connectivity index (χ2n) is 8.03. The first-order chi connectivity index (χ1) is 17.0. The van der Waals surface area contributed by atoms with Gasteiger partial charge in [0.15, 0.2) is 11.6 Å². The molecule has 0 radical (unpaired) electrons. The fourth-order valence-electron chi connectivity index (χ4n) is 4.00. The summed E-state index contributed by atoms with van der Waals surface area (Å²) in [6.45, 7) is -0.656. The minimum Gasteiger partial charge on any atom is -0.478 e. The molecule has 0 saturated heterocycles. The second-order valence-corrected chi connectivity index (χ2v) is 8.03. The highest BCUT2D eigenvalue weighted by Crippen LogP contribution is 2.44. The molecular weight excluding hydrogens is 495 g/mol. The number of carbonyl (C=O) groups is 1. The van der Waals surface area contributed by atoms with E-state index in [9.17, 15) is 40.6 Å². The molecule has 11 heteroatoms. The monoisotopic (exact) mass is 511 g/mol. The molecule has 0 saturated carbocycles. The van der Waals surface area contributed by atoms with Crippen LogP contribution < -0.4 is 4.74 Å². The summed E-state index contributed by atoms with van der Waals surface area (Å²) in [4.78, 5) is 15.1. The Morgan fingerprint density at radius 2 is 1.61 bits per heavy atom. The van der Waals surface area contributed by atoms with Crippen LogP contribution in [0.25, 0.3) is 11.1 Å². The molecule has 0 amide bonds. The van der Waals surface area contributed by atoms with Crippen LogP contribution in [0, 0.1) is 23.3 Å². The van der Waals surface area contributed by atoms with Gasteiger partial charge in [0.1, 0.15) is 18.2 Å². The number of benzene rings is 2. The van der Waals surface area contributed by atoms with Gasteiger partial charge in [-0.1, -0.05) is 6.07 Å². The quantitative estimate of drug-likeness (QED) is 0.285. The molecule has 1 aromatic heterocycles. The number of ether oxygens (including phenoxy) is 1. The Morgan fingerprint density at radius 3 is 2.31 bits per heavy atom. The highest BCUT2D eigenvalue weighted by Gasteiger charge is 2.33. The zero-order chi connectivity index (χ0) is 26.2. The topological polar surface area (TPSA) is 59.4 Å². The van der Waals surface area contributed by atoms with Crippen molar-refractivity contribution in [2.24, 2.45) is 0 Å². The van der Waals surface area contributed by atoms with E-state index >= 15 is 0 Å². The van der Waals surface area contributed by atoms with Gasteiger partial charge in [-0.25, -0.2) is 27.3 Å². The number of pyridine rings is 1. The van der Waals surface area contributed by atoms with Crippen molar-refractivity contribution in [2.75, 3.05) is 0 Å². The molecule has 0 unspecified atom stereocenters. The van der Waals surface area contributed by atoms with Gasteiger partial charge in [-0.3, -0.25) is 0 Å². The third-order valence-electron chi connectivity index (χ3n) is 5.72. The Bertz CT molecular complexity index is 1380. The largest absolute Gasteiger partial charge is 0.478 e. The van der Waals surface area contributed by atoms with Crippen LogP contribution in [0.2, 0.25) is 0 Å². The molecule has 36 heavy (non-hydrogen) atoms. The van der Waals surface area contributed by atoms with E-state index in [-0.39, 0.29) is 23.4 Å². The van der Waals surface area contributed by atoms with Gasteiger partial charge in [0.25, 0.3) is 0 Å². The fraction of sp³-hybridized carbons (Fsp3) is 0.200. The van der Waals surface area contributed by atoms with Gasteiger partial charge in [0.05, 0.1) is 11.1 Å². The van der Waals surface area contributed by atoms with Gasteiger partial charge >= 0.3 is 12.1 Å². The number of rotatable bonds is 6. The van der Waals surface area contributed by atoms with Crippen LogP contribution in [0.5, 0.6) is 5.88 Å². The predicted octanol–water partition coefficient (Wildman–Crippen LogP) is 7.03.